The summed E-state index contributed by atoms with van der Waals surface area (Å²) in [6, 6.07) is 9.77. The Morgan fingerprint density at radius 3 is 2.80 bits per heavy atom. The average Bonchev–Trinajstić information content (AvgIpc) is 3.23. The highest BCUT2D eigenvalue weighted by atomic mass is 35.5. The number of carbonyl (C=O) groups is 2. The van der Waals surface area contributed by atoms with Crippen molar-refractivity contribution in [3.8, 4) is 10.8 Å². The maximum atomic E-state index is 11.9. The maximum absolute atomic E-state index is 11.9. The van der Waals surface area contributed by atoms with Crippen LogP contribution in [0.1, 0.15) is 10.4 Å². The van der Waals surface area contributed by atoms with Crippen molar-refractivity contribution in [1.82, 2.24) is 20.6 Å². The summed E-state index contributed by atoms with van der Waals surface area (Å²) < 4.78 is 5.86. The zero-order valence-corrected chi connectivity index (χ0v) is 14.1. The minimum absolute atomic E-state index is 0.135. The van der Waals surface area contributed by atoms with Gasteiger partial charge in [-0.05, 0) is 29.6 Å². The fourth-order valence-corrected chi connectivity index (χ4v) is 2.74. The van der Waals surface area contributed by atoms with Gasteiger partial charge in [0.1, 0.15) is 6.54 Å². The Kier molecular flexibility index (Phi) is 4.96. The van der Waals surface area contributed by atoms with Crippen LogP contribution in [0, 0.1) is 0 Å². The first-order valence-corrected chi connectivity index (χ1v) is 8.25. The van der Waals surface area contributed by atoms with E-state index in [0.717, 1.165) is 4.68 Å². The number of hydrazine groups is 1. The fraction of sp³-hybridized carbons (Fsp3) is 0.0667. The highest BCUT2D eigenvalue weighted by Gasteiger charge is 2.14. The maximum Gasteiger partial charge on any atom is 0.437 e. The smallest absolute Gasteiger partial charge is 0.387 e. The number of amides is 2. The van der Waals surface area contributed by atoms with E-state index in [2.05, 4.69) is 16.0 Å². The second-order valence-corrected chi connectivity index (χ2v) is 6.20. The monoisotopic (exact) mass is 378 g/mol. The largest absolute Gasteiger partial charge is 0.437 e. The summed E-state index contributed by atoms with van der Waals surface area (Å²) in [5.74, 6) is -1.80. The standard InChI is InChI=1S/C15H11ClN4O4S/c16-10-4-1-3-9(7-10)13(22)18-17-12(21)8-20-15(23)24-14(19-20)11-5-2-6-25-11/h1-7H,8H2,(H,17,21)(H,18,22). The van der Waals surface area contributed by atoms with Gasteiger partial charge in [-0.25, -0.2) is 4.79 Å². The summed E-state index contributed by atoms with van der Waals surface area (Å²) in [6.45, 7) is -0.399. The predicted octanol–water partition coefficient (Wildman–Crippen LogP) is 1.68. The zero-order valence-electron chi connectivity index (χ0n) is 12.6. The van der Waals surface area contributed by atoms with Crippen LogP contribution in [0.25, 0.3) is 10.8 Å². The van der Waals surface area contributed by atoms with Crippen molar-refractivity contribution in [3.05, 3.63) is 62.9 Å². The Morgan fingerprint density at radius 1 is 1.24 bits per heavy atom. The molecule has 0 radical (unpaired) electrons. The van der Waals surface area contributed by atoms with E-state index in [1.165, 1.54) is 17.4 Å². The Hall–Kier alpha value is -2.91. The molecule has 3 aromatic rings. The van der Waals surface area contributed by atoms with Gasteiger partial charge in [0, 0.05) is 10.6 Å². The first-order valence-electron chi connectivity index (χ1n) is 6.99. The Labute approximate surface area is 150 Å². The Morgan fingerprint density at radius 2 is 2.08 bits per heavy atom. The minimum Gasteiger partial charge on any atom is -0.387 e. The van der Waals surface area contributed by atoms with Crippen LogP contribution in [-0.4, -0.2) is 21.6 Å². The van der Waals surface area contributed by atoms with E-state index in [4.69, 9.17) is 16.0 Å². The van der Waals surface area contributed by atoms with Crippen LogP contribution >= 0.6 is 22.9 Å². The molecule has 0 fully saturated rings. The van der Waals surface area contributed by atoms with Crippen molar-refractivity contribution < 1.29 is 14.0 Å². The normalized spacial score (nSPS) is 10.4. The SMILES string of the molecule is O=C(Cn1nc(-c2cccs2)oc1=O)NNC(=O)c1cccc(Cl)c1. The molecule has 0 bridgehead atoms. The zero-order chi connectivity index (χ0) is 17.8. The molecular formula is C15H11ClN4O4S. The van der Waals surface area contributed by atoms with Crippen LogP contribution in [0.5, 0.6) is 0 Å². The molecule has 25 heavy (non-hydrogen) atoms. The van der Waals surface area contributed by atoms with Crippen molar-refractivity contribution >= 4 is 34.8 Å². The third kappa shape index (κ3) is 4.14. The lowest BCUT2D eigenvalue weighted by Gasteiger charge is -2.07. The molecule has 10 heteroatoms. The molecule has 0 spiro atoms. The van der Waals surface area contributed by atoms with Gasteiger partial charge in [-0.2, -0.15) is 4.68 Å². The molecule has 2 amide bonds. The lowest BCUT2D eigenvalue weighted by molar-refractivity contribution is -0.122. The van der Waals surface area contributed by atoms with Crippen LogP contribution in [0.4, 0.5) is 0 Å². The average molecular weight is 379 g/mol. The van der Waals surface area contributed by atoms with Gasteiger partial charge < -0.3 is 4.42 Å². The van der Waals surface area contributed by atoms with E-state index in [-0.39, 0.29) is 11.5 Å². The van der Waals surface area contributed by atoms with E-state index in [9.17, 15) is 14.4 Å². The molecule has 8 nitrogen and oxygen atoms in total. The van der Waals surface area contributed by atoms with Crippen molar-refractivity contribution in [2.24, 2.45) is 0 Å². The van der Waals surface area contributed by atoms with Gasteiger partial charge >= 0.3 is 5.76 Å². The topological polar surface area (TPSA) is 106 Å². The lowest BCUT2D eigenvalue weighted by Crippen LogP contribution is -2.44. The Balaban J connectivity index is 1.60. The summed E-state index contributed by atoms with van der Waals surface area (Å²) in [7, 11) is 0. The summed E-state index contributed by atoms with van der Waals surface area (Å²) in [5, 5.41) is 6.16. The first kappa shape index (κ1) is 16.9. The third-order valence-electron chi connectivity index (χ3n) is 3.03. The molecule has 0 aliphatic carbocycles. The van der Waals surface area contributed by atoms with Crippen molar-refractivity contribution in [3.63, 3.8) is 0 Å². The number of hydrogen-bond acceptors (Lipinski definition) is 6. The predicted molar refractivity (Wildman–Crippen MR) is 91.1 cm³/mol. The van der Waals surface area contributed by atoms with E-state index in [1.807, 2.05) is 5.38 Å². The molecule has 2 heterocycles. The van der Waals surface area contributed by atoms with Crippen LogP contribution in [0.3, 0.4) is 0 Å². The highest BCUT2D eigenvalue weighted by Crippen LogP contribution is 2.20. The number of hydrogen-bond donors (Lipinski definition) is 2. The molecule has 0 atom stereocenters. The molecular weight excluding hydrogens is 368 g/mol. The number of benzene rings is 1. The molecule has 0 aliphatic rings. The molecule has 1 aromatic carbocycles. The summed E-state index contributed by atoms with van der Waals surface area (Å²) >= 11 is 7.15. The van der Waals surface area contributed by atoms with E-state index in [1.54, 1.807) is 30.3 Å². The van der Waals surface area contributed by atoms with Crippen LogP contribution in [0.15, 0.2) is 51.0 Å². The van der Waals surface area contributed by atoms with Gasteiger partial charge in [-0.3, -0.25) is 20.4 Å². The number of nitrogens with zero attached hydrogens (tertiary/aromatic N) is 2. The lowest BCUT2D eigenvalue weighted by atomic mass is 10.2. The number of nitrogens with one attached hydrogen (secondary N) is 2. The molecule has 0 aliphatic heterocycles. The number of thiophene rings is 1. The third-order valence-corrected chi connectivity index (χ3v) is 4.13. The van der Waals surface area contributed by atoms with Crippen molar-refractivity contribution in [1.29, 1.82) is 0 Å². The van der Waals surface area contributed by atoms with E-state index >= 15 is 0 Å². The van der Waals surface area contributed by atoms with Gasteiger partial charge in [0.25, 0.3) is 17.7 Å². The van der Waals surface area contributed by atoms with Gasteiger partial charge in [0.15, 0.2) is 0 Å². The highest BCUT2D eigenvalue weighted by molar-refractivity contribution is 7.13. The van der Waals surface area contributed by atoms with Crippen molar-refractivity contribution in [2.45, 2.75) is 6.54 Å². The quantitative estimate of drug-likeness (QED) is 0.672. The van der Waals surface area contributed by atoms with Crippen molar-refractivity contribution in [2.75, 3.05) is 0 Å². The van der Waals surface area contributed by atoms with Crippen LogP contribution in [0.2, 0.25) is 5.02 Å². The second kappa shape index (κ2) is 7.32. The first-order chi connectivity index (χ1) is 12.0. The number of rotatable bonds is 4. The van der Waals surface area contributed by atoms with Gasteiger partial charge in [-0.15, -0.1) is 16.4 Å². The molecule has 0 saturated heterocycles. The van der Waals surface area contributed by atoms with E-state index < -0.39 is 24.1 Å². The fourth-order valence-electron chi connectivity index (χ4n) is 1.91. The number of halogens is 1. The molecule has 2 aromatic heterocycles. The Bertz CT molecular complexity index is 964. The van der Waals surface area contributed by atoms with Gasteiger partial charge in [-0.1, -0.05) is 23.7 Å². The molecule has 0 unspecified atom stereocenters. The van der Waals surface area contributed by atoms with Crippen LogP contribution in [-0.2, 0) is 11.3 Å². The van der Waals surface area contributed by atoms with Crippen LogP contribution < -0.4 is 16.6 Å². The van der Waals surface area contributed by atoms with Gasteiger partial charge in [0.05, 0.1) is 4.88 Å². The van der Waals surface area contributed by atoms with Gasteiger partial charge in [0.2, 0.25) is 0 Å². The molecule has 0 saturated carbocycles. The summed E-state index contributed by atoms with van der Waals surface area (Å²) in [6.07, 6.45) is 0. The molecule has 3 rings (SSSR count). The number of aromatic nitrogens is 2. The second-order valence-electron chi connectivity index (χ2n) is 4.82. The number of carbonyl (C=O) groups excluding carboxylic acids is 2. The summed E-state index contributed by atoms with van der Waals surface area (Å²) in [5.41, 5.74) is 4.71. The van der Waals surface area contributed by atoms with E-state index in [0.29, 0.717) is 9.90 Å². The minimum atomic E-state index is -0.764. The summed E-state index contributed by atoms with van der Waals surface area (Å²) in [4.78, 5) is 36.2. The molecule has 2 N–H and O–H groups in total. The molecule has 128 valence electrons.